The molecule has 3 rings (SSSR count). The van der Waals surface area contributed by atoms with Crippen molar-refractivity contribution in [2.45, 2.75) is 44.6 Å². The first-order chi connectivity index (χ1) is 10.7. The number of amides is 1. The Bertz CT molecular complexity index is 628. The van der Waals surface area contributed by atoms with E-state index in [1.807, 2.05) is 0 Å². The molecule has 0 atom stereocenters. The third kappa shape index (κ3) is 3.53. The molecule has 1 amide bonds. The van der Waals surface area contributed by atoms with E-state index in [1.54, 1.807) is 29.1 Å². The zero-order chi connectivity index (χ0) is 15.4. The Labute approximate surface area is 129 Å². The third-order valence-electron chi connectivity index (χ3n) is 4.10. The van der Waals surface area contributed by atoms with Gasteiger partial charge >= 0.3 is 0 Å². The van der Waals surface area contributed by atoms with Crippen LogP contribution in [0.2, 0.25) is 0 Å². The van der Waals surface area contributed by atoms with E-state index >= 15 is 0 Å². The molecule has 1 aromatic heterocycles. The van der Waals surface area contributed by atoms with Gasteiger partial charge in [-0.3, -0.25) is 4.79 Å². The SMILES string of the molecule is O=C(NC1CCCCCC1)c1ccn(-c2ccc(F)cc2)n1. The van der Waals surface area contributed by atoms with Crippen LogP contribution in [-0.4, -0.2) is 21.7 Å². The summed E-state index contributed by atoms with van der Waals surface area (Å²) < 4.78 is 14.5. The Hall–Kier alpha value is -2.17. The second kappa shape index (κ2) is 6.73. The molecule has 0 bridgehead atoms. The van der Waals surface area contributed by atoms with Gasteiger partial charge in [-0.1, -0.05) is 25.7 Å². The summed E-state index contributed by atoms with van der Waals surface area (Å²) in [5, 5.41) is 7.36. The number of hydrogen-bond acceptors (Lipinski definition) is 2. The van der Waals surface area contributed by atoms with Crippen LogP contribution in [0.25, 0.3) is 5.69 Å². The first kappa shape index (κ1) is 14.8. The second-order valence-electron chi connectivity index (χ2n) is 5.78. The Kier molecular flexibility index (Phi) is 4.51. The number of nitrogens with zero attached hydrogens (tertiary/aromatic N) is 2. The molecular formula is C17H20FN3O. The highest BCUT2D eigenvalue weighted by Crippen LogP contribution is 2.17. The van der Waals surface area contributed by atoms with Gasteiger partial charge in [-0.25, -0.2) is 9.07 Å². The van der Waals surface area contributed by atoms with Crippen LogP contribution in [0.15, 0.2) is 36.5 Å². The second-order valence-corrected chi connectivity index (χ2v) is 5.78. The van der Waals surface area contributed by atoms with Crippen LogP contribution >= 0.6 is 0 Å². The smallest absolute Gasteiger partial charge is 0.272 e. The molecule has 2 aromatic rings. The van der Waals surface area contributed by atoms with E-state index in [-0.39, 0.29) is 17.8 Å². The highest BCUT2D eigenvalue weighted by atomic mass is 19.1. The normalized spacial score (nSPS) is 16.2. The van der Waals surface area contributed by atoms with E-state index in [0.717, 1.165) is 18.5 Å². The monoisotopic (exact) mass is 301 g/mol. The van der Waals surface area contributed by atoms with Crippen LogP contribution in [0.3, 0.4) is 0 Å². The Balaban J connectivity index is 1.67. The molecular weight excluding hydrogens is 281 g/mol. The Morgan fingerprint density at radius 2 is 1.77 bits per heavy atom. The van der Waals surface area contributed by atoms with Crippen LogP contribution in [0, 0.1) is 5.82 Å². The van der Waals surface area contributed by atoms with Crippen LogP contribution < -0.4 is 5.32 Å². The molecule has 5 heteroatoms. The van der Waals surface area contributed by atoms with E-state index in [0.29, 0.717) is 5.69 Å². The molecule has 1 fully saturated rings. The van der Waals surface area contributed by atoms with Crippen molar-refractivity contribution in [2.24, 2.45) is 0 Å². The summed E-state index contributed by atoms with van der Waals surface area (Å²) in [6.07, 6.45) is 8.67. The van der Waals surface area contributed by atoms with Gasteiger partial charge in [0.2, 0.25) is 0 Å². The number of carbonyl (C=O) groups is 1. The van der Waals surface area contributed by atoms with Crippen molar-refractivity contribution in [1.82, 2.24) is 15.1 Å². The molecule has 1 aliphatic rings. The number of halogens is 1. The number of benzene rings is 1. The van der Waals surface area contributed by atoms with Gasteiger partial charge in [-0.15, -0.1) is 0 Å². The zero-order valence-electron chi connectivity index (χ0n) is 12.5. The van der Waals surface area contributed by atoms with E-state index in [2.05, 4.69) is 10.4 Å². The zero-order valence-corrected chi connectivity index (χ0v) is 12.5. The Morgan fingerprint density at radius 1 is 1.09 bits per heavy atom. The van der Waals surface area contributed by atoms with Crippen LogP contribution in [0.1, 0.15) is 49.0 Å². The maximum atomic E-state index is 12.9. The molecule has 0 unspecified atom stereocenters. The predicted octanol–water partition coefficient (Wildman–Crippen LogP) is 3.46. The van der Waals surface area contributed by atoms with Gasteiger partial charge in [0, 0.05) is 12.2 Å². The van der Waals surface area contributed by atoms with Gasteiger partial charge in [-0.05, 0) is 43.2 Å². The van der Waals surface area contributed by atoms with Gasteiger partial charge in [0.05, 0.1) is 5.69 Å². The van der Waals surface area contributed by atoms with Crippen molar-refractivity contribution in [1.29, 1.82) is 0 Å². The molecule has 1 aliphatic carbocycles. The van der Waals surface area contributed by atoms with Crippen molar-refractivity contribution in [3.8, 4) is 5.69 Å². The molecule has 1 N–H and O–H groups in total. The minimum Gasteiger partial charge on any atom is -0.348 e. The van der Waals surface area contributed by atoms with E-state index < -0.39 is 0 Å². The van der Waals surface area contributed by atoms with Crippen molar-refractivity contribution >= 4 is 5.91 Å². The molecule has 4 nitrogen and oxygen atoms in total. The fourth-order valence-corrected chi connectivity index (χ4v) is 2.87. The predicted molar refractivity (Wildman–Crippen MR) is 82.5 cm³/mol. The number of aromatic nitrogens is 2. The minimum absolute atomic E-state index is 0.132. The molecule has 1 heterocycles. The summed E-state index contributed by atoms with van der Waals surface area (Å²) in [5.41, 5.74) is 1.13. The van der Waals surface area contributed by atoms with Gasteiger partial charge in [0.1, 0.15) is 5.82 Å². The molecule has 0 radical (unpaired) electrons. The highest BCUT2D eigenvalue weighted by Gasteiger charge is 2.17. The summed E-state index contributed by atoms with van der Waals surface area (Å²) in [6.45, 7) is 0. The summed E-state index contributed by atoms with van der Waals surface area (Å²) >= 11 is 0. The average molecular weight is 301 g/mol. The fraction of sp³-hybridized carbons (Fsp3) is 0.412. The Morgan fingerprint density at radius 3 is 2.45 bits per heavy atom. The number of hydrogen-bond donors (Lipinski definition) is 1. The lowest BCUT2D eigenvalue weighted by Crippen LogP contribution is -2.34. The molecule has 1 saturated carbocycles. The van der Waals surface area contributed by atoms with Gasteiger partial charge in [0.15, 0.2) is 5.69 Å². The largest absolute Gasteiger partial charge is 0.348 e. The lowest BCUT2D eigenvalue weighted by molar-refractivity contribution is 0.0928. The van der Waals surface area contributed by atoms with E-state index in [1.165, 1.54) is 37.8 Å². The summed E-state index contributed by atoms with van der Waals surface area (Å²) in [5.74, 6) is -0.421. The van der Waals surface area contributed by atoms with Crippen molar-refractivity contribution in [3.05, 3.63) is 48.0 Å². The molecule has 22 heavy (non-hydrogen) atoms. The molecule has 0 saturated heterocycles. The van der Waals surface area contributed by atoms with Crippen LogP contribution in [-0.2, 0) is 0 Å². The highest BCUT2D eigenvalue weighted by molar-refractivity contribution is 5.92. The van der Waals surface area contributed by atoms with Gasteiger partial charge in [0.25, 0.3) is 5.91 Å². The number of rotatable bonds is 3. The van der Waals surface area contributed by atoms with Crippen molar-refractivity contribution in [2.75, 3.05) is 0 Å². The standard InChI is InChI=1S/C17H20FN3O/c18-13-7-9-15(10-8-13)21-12-11-16(20-21)17(22)19-14-5-3-1-2-4-6-14/h7-12,14H,1-6H2,(H,19,22). The third-order valence-corrected chi connectivity index (χ3v) is 4.10. The quantitative estimate of drug-likeness (QED) is 0.882. The van der Waals surface area contributed by atoms with Crippen molar-refractivity contribution < 1.29 is 9.18 Å². The lowest BCUT2D eigenvalue weighted by atomic mass is 10.1. The summed E-state index contributed by atoms with van der Waals surface area (Å²) in [4.78, 5) is 12.3. The first-order valence-corrected chi connectivity index (χ1v) is 7.85. The van der Waals surface area contributed by atoms with Crippen molar-refractivity contribution in [3.63, 3.8) is 0 Å². The lowest BCUT2D eigenvalue weighted by Gasteiger charge is -2.15. The van der Waals surface area contributed by atoms with Crippen LogP contribution in [0.4, 0.5) is 4.39 Å². The van der Waals surface area contributed by atoms with Gasteiger partial charge in [-0.2, -0.15) is 5.10 Å². The molecule has 0 spiro atoms. The summed E-state index contributed by atoms with van der Waals surface area (Å²) in [6, 6.07) is 7.97. The number of carbonyl (C=O) groups excluding carboxylic acids is 1. The maximum absolute atomic E-state index is 12.9. The number of nitrogens with one attached hydrogen (secondary N) is 1. The maximum Gasteiger partial charge on any atom is 0.272 e. The topological polar surface area (TPSA) is 46.9 Å². The van der Waals surface area contributed by atoms with E-state index in [9.17, 15) is 9.18 Å². The van der Waals surface area contributed by atoms with E-state index in [4.69, 9.17) is 0 Å². The molecule has 116 valence electrons. The summed E-state index contributed by atoms with van der Waals surface area (Å²) in [7, 11) is 0. The fourth-order valence-electron chi connectivity index (χ4n) is 2.87. The van der Waals surface area contributed by atoms with Crippen LogP contribution in [0.5, 0.6) is 0 Å². The molecule has 1 aromatic carbocycles. The molecule has 0 aliphatic heterocycles. The first-order valence-electron chi connectivity index (χ1n) is 7.85. The van der Waals surface area contributed by atoms with Gasteiger partial charge < -0.3 is 5.32 Å². The minimum atomic E-state index is -0.290. The average Bonchev–Trinajstić information content (AvgIpc) is 2.88.